The maximum atomic E-state index is 12.7. The molecule has 3 aromatic rings. The van der Waals surface area contributed by atoms with Gasteiger partial charge in [-0.15, -0.1) is 5.10 Å². The summed E-state index contributed by atoms with van der Waals surface area (Å²) in [6.07, 6.45) is 6.00. The van der Waals surface area contributed by atoms with Gasteiger partial charge in [-0.1, -0.05) is 17.8 Å². The van der Waals surface area contributed by atoms with Crippen LogP contribution in [-0.4, -0.2) is 25.5 Å². The van der Waals surface area contributed by atoms with Gasteiger partial charge >= 0.3 is 0 Å². The number of thiophene rings is 1. The van der Waals surface area contributed by atoms with Crippen LogP contribution in [0.15, 0.2) is 57.8 Å². The molecule has 0 saturated heterocycles. The van der Waals surface area contributed by atoms with Crippen LogP contribution < -0.4 is 5.32 Å². The van der Waals surface area contributed by atoms with E-state index in [-0.39, 0.29) is 11.8 Å². The van der Waals surface area contributed by atoms with E-state index in [0.29, 0.717) is 17.5 Å². The first-order valence-corrected chi connectivity index (χ1v) is 10.8. The van der Waals surface area contributed by atoms with Gasteiger partial charge in [0.05, 0.1) is 0 Å². The quantitative estimate of drug-likeness (QED) is 0.672. The molecular formula is C19H17N5OS2. The monoisotopic (exact) mass is 395 g/mol. The molecule has 1 atom stereocenters. The molecule has 3 aromatic heterocycles. The molecule has 2 aliphatic rings. The summed E-state index contributed by atoms with van der Waals surface area (Å²) in [5.74, 6) is 1.69. The van der Waals surface area contributed by atoms with Crippen molar-refractivity contribution < 1.29 is 4.79 Å². The van der Waals surface area contributed by atoms with Crippen molar-refractivity contribution in [1.82, 2.24) is 19.7 Å². The second-order valence-electron chi connectivity index (χ2n) is 6.57. The highest BCUT2D eigenvalue weighted by molar-refractivity contribution is 7.98. The minimum absolute atomic E-state index is 0.185. The fourth-order valence-corrected chi connectivity index (χ4v) is 5.01. The molecular weight excluding hydrogens is 378 g/mol. The molecule has 0 saturated carbocycles. The predicted octanol–water partition coefficient (Wildman–Crippen LogP) is 4.05. The van der Waals surface area contributed by atoms with Crippen LogP contribution in [0, 0.1) is 0 Å². The Balaban J connectivity index is 1.50. The van der Waals surface area contributed by atoms with Gasteiger partial charge < -0.3 is 5.32 Å². The molecule has 8 heteroatoms. The van der Waals surface area contributed by atoms with Crippen molar-refractivity contribution in [2.75, 3.05) is 5.32 Å². The maximum Gasteiger partial charge on any atom is 0.227 e. The molecule has 6 nitrogen and oxygen atoms in total. The maximum absolute atomic E-state index is 12.7. The fourth-order valence-electron chi connectivity index (χ4n) is 3.57. The van der Waals surface area contributed by atoms with E-state index in [2.05, 4.69) is 26.7 Å². The Labute approximate surface area is 164 Å². The van der Waals surface area contributed by atoms with E-state index in [9.17, 15) is 4.79 Å². The highest BCUT2D eigenvalue weighted by Gasteiger charge is 2.36. The number of carbonyl (C=O) groups excluding carboxylic acids is 1. The summed E-state index contributed by atoms with van der Waals surface area (Å²) < 4.78 is 1.87. The van der Waals surface area contributed by atoms with Gasteiger partial charge in [-0.3, -0.25) is 9.78 Å². The zero-order valence-corrected chi connectivity index (χ0v) is 16.1. The second-order valence-corrected chi connectivity index (χ2v) is 8.29. The Morgan fingerprint density at radius 3 is 3.11 bits per heavy atom. The SMILES string of the molecule is O=C1CCCC2=C1[C@H](c1ccsc1)n1nc(SCc3cccnc3)nc1N2. The van der Waals surface area contributed by atoms with Crippen LogP contribution in [0.4, 0.5) is 5.95 Å². The summed E-state index contributed by atoms with van der Waals surface area (Å²) in [7, 11) is 0. The van der Waals surface area contributed by atoms with E-state index in [1.54, 1.807) is 29.3 Å². The third kappa shape index (κ3) is 3.08. The lowest BCUT2D eigenvalue weighted by Gasteiger charge is -2.31. The minimum Gasteiger partial charge on any atom is -0.328 e. The number of hydrogen-bond donors (Lipinski definition) is 1. The number of ketones is 1. The molecule has 0 aromatic carbocycles. The van der Waals surface area contributed by atoms with Gasteiger partial charge in [0, 0.05) is 35.8 Å². The lowest BCUT2D eigenvalue weighted by atomic mass is 9.86. The van der Waals surface area contributed by atoms with Crippen molar-refractivity contribution in [3.05, 3.63) is 63.7 Å². The number of pyridine rings is 1. The molecule has 1 aliphatic carbocycles. The normalized spacial score (nSPS) is 18.8. The highest BCUT2D eigenvalue weighted by Crippen LogP contribution is 2.41. The van der Waals surface area contributed by atoms with E-state index in [0.717, 1.165) is 41.0 Å². The lowest BCUT2D eigenvalue weighted by Crippen LogP contribution is -2.31. The van der Waals surface area contributed by atoms with Crippen molar-refractivity contribution in [3.8, 4) is 0 Å². The van der Waals surface area contributed by atoms with Gasteiger partial charge in [-0.2, -0.15) is 16.3 Å². The average Bonchev–Trinajstić information content (AvgIpc) is 3.35. The Hall–Kier alpha value is -2.45. The minimum atomic E-state index is -0.185. The number of rotatable bonds is 4. The van der Waals surface area contributed by atoms with E-state index < -0.39 is 0 Å². The number of aromatic nitrogens is 4. The summed E-state index contributed by atoms with van der Waals surface area (Å²) in [6, 6.07) is 5.86. The van der Waals surface area contributed by atoms with Crippen LogP contribution in [0.25, 0.3) is 0 Å². The molecule has 5 rings (SSSR count). The molecule has 0 amide bonds. The highest BCUT2D eigenvalue weighted by atomic mass is 32.2. The molecule has 27 heavy (non-hydrogen) atoms. The van der Waals surface area contributed by atoms with E-state index in [1.165, 1.54) is 0 Å². The number of thioether (sulfide) groups is 1. The zero-order valence-electron chi connectivity index (χ0n) is 14.5. The fraction of sp³-hybridized carbons (Fsp3) is 0.263. The van der Waals surface area contributed by atoms with Crippen molar-refractivity contribution in [2.24, 2.45) is 0 Å². The van der Waals surface area contributed by atoms with Crippen LogP contribution in [0.3, 0.4) is 0 Å². The number of fused-ring (bicyclic) bond motifs is 1. The summed E-state index contributed by atoms with van der Waals surface area (Å²) in [4.78, 5) is 21.5. The number of anilines is 1. The van der Waals surface area contributed by atoms with Crippen LogP contribution in [0.5, 0.6) is 0 Å². The number of nitrogens with zero attached hydrogens (tertiary/aromatic N) is 4. The summed E-state index contributed by atoms with van der Waals surface area (Å²) in [6.45, 7) is 0. The Bertz CT molecular complexity index is 1010. The molecule has 1 N–H and O–H groups in total. The van der Waals surface area contributed by atoms with Crippen molar-refractivity contribution in [2.45, 2.75) is 36.2 Å². The standard InChI is InChI=1S/C19H17N5OS2/c25-15-5-1-4-14-16(15)17(13-6-8-26-11-13)24-18(21-14)22-19(23-24)27-10-12-3-2-7-20-9-12/h2-3,6-9,11,17H,1,4-5,10H2,(H,21,22,23)/t17-/m0/s1. The smallest absolute Gasteiger partial charge is 0.227 e. The first kappa shape index (κ1) is 16.7. The zero-order chi connectivity index (χ0) is 18.2. The van der Waals surface area contributed by atoms with Gasteiger partial charge in [0.1, 0.15) is 6.04 Å². The van der Waals surface area contributed by atoms with Gasteiger partial charge in [0.25, 0.3) is 0 Å². The number of allylic oxidation sites excluding steroid dienone is 2. The number of carbonyl (C=O) groups is 1. The van der Waals surface area contributed by atoms with Gasteiger partial charge in [-0.05, 0) is 46.9 Å². The average molecular weight is 396 g/mol. The molecule has 4 heterocycles. The van der Waals surface area contributed by atoms with Gasteiger partial charge in [0.2, 0.25) is 11.1 Å². The van der Waals surface area contributed by atoms with Crippen LogP contribution >= 0.6 is 23.1 Å². The van der Waals surface area contributed by atoms with Gasteiger partial charge in [-0.25, -0.2) is 4.68 Å². The van der Waals surface area contributed by atoms with Crippen molar-refractivity contribution in [1.29, 1.82) is 0 Å². The number of Topliss-reactive ketones (excluding diaryl/α,β-unsaturated/α-hetero) is 1. The molecule has 0 fully saturated rings. The van der Waals surface area contributed by atoms with Crippen LogP contribution in [0.1, 0.15) is 36.4 Å². The molecule has 0 unspecified atom stereocenters. The lowest BCUT2D eigenvalue weighted by molar-refractivity contribution is -0.116. The van der Waals surface area contributed by atoms with Crippen LogP contribution in [-0.2, 0) is 10.5 Å². The summed E-state index contributed by atoms with van der Waals surface area (Å²) >= 11 is 3.21. The Kier molecular flexibility index (Phi) is 4.29. The van der Waals surface area contributed by atoms with Gasteiger partial charge in [0.15, 0.2) is 5.78 Å². The third-order valence-electron chi connectivity index (χ3n) is 4.80. The molecule has 0 bridgehead atoms. The van der Waals surface area contributed by atoms with Crippen LogP contribution in [0.2, 0.25) is 0 Å². The number of hydrogen-bond acceptors (Lipinski definition) is 7. The first-order valence-electron chi connectivity index (χ1n) is 8.83. The Morgan fingerprint density at radius 2 is 2.30 bits per heavy atom. The second kappa shape index (κ2) is 6.94. The van der Waals surface area contributed by atoms with Crippen molar-refractivity contribution in [3.63, 3.8) is 0 Å². The number of nitrogens with one attached hydrogen (secondary N) is 1. The largest absolute Gasteiger partial charge is 0.328 e. The molecule has 136 valence electrons. The molecule has 1 aliphatic heterocycles. The first-order chi connectivity index (χ1) is 13.3. The summed E-state index contributed by atoms with van der Waals surface area (Å²) in [5, 5.41) is 12.9. The van der Waals surface area contributed by atoms with Crippen molar-refractivity contribution >= 4 is 34.8 Å². The van der Waals surface area contributed by atoms with E-state index >= 15 is 0 Å². The molecule has 0 spiro atoms. The Morgan fingerprint density at radius 1 is 1.33 bits per heavy atom. The predicted molar refractivity (Wildman–Crippen MR) is 106 cm³/mol. The molecule has 0 radical (unpaired) electrons. The van der Waals surface area contributed by atoms with E-state index in [4.69, 9.17) is 5.10 Å². The summed E-state index contributed by atoms with van der Waals surface area (Å²) in [5.41, 5.74) is 4.08. The van der Waals surface area contributed by atoms with E-state index in [1.807, 2.05) is 28.4 Å². The topological polar surface area (TPSA) is 72.7 Å². The third-order valence-corrected chi connectivity index (χ3v) is 6.41.